The summed E-state index contributed by atoms with van der Waals surface area (Å²) in [4.78, 5) is 6.44. The number of nitrogens with one attached hydrogen (secondary N) is 1. The first-order chi connectivity index (χ1) is 12.1. The number of aromatic nitrogens is 1. The van der Waals surface area contributed by atoms with Gasteiger partial charge in [-0.1, -0.05) is 18.2 Å². The van der Waals surface area contributed by atoms with Gasteiger partial charge < -0.3 is 4.90 Å². The van der Waals surface area contributed by atoms with Gasteiger partial charge in [0.1, 0.15) is 0 Å². The molecule has 0 saturated carbocycles. The third-order valence-corrected chi connectivity index (χ3v) is 6.40. The zero-order valence-electron chi connectivity index (χ0n) is 13.4. The second-order valence-corrected chi connectivity index (χ2v) is 8.40. The van der Waals surface area contributed by atoms with E-state index >= 15 is 0 Å². The molecule has 130 valence electrons. The van der Waals surface area contributed by atoms with E-state index in [1.165, 1.54) is 22.6 Å². The monoisotopic (exact) mass is 373 g/mol. The Bertz CT molecular complexity index is 974. The zero-order chi connectivity index (χ0) is 17.3. The molecule has 0 radical (unpaired) electrons. The molecule has 0 atom stereocenters. The van der Waals surface area contributed by atoms with E-state index in [2.05, 4.69) is 32.8 Å². The Morgan fingerprint density at radius 2 is 1.92 bits per heavy atom. The van der Waals surface area contributed by atoms with Crippen LogP contribution in [0.1, 0.15) is 13.4 Å². The van der Waals surface area contributed by atoms with Crippen molar-refractivity contribution in [2.75, 3.05) is 16.2 Å². The molecule has 0 saturated heterocycles. The first-order valence-corrected chi connectivity index (χ1v) is 10.4. The van der Waals surface area contributed by atoms with Crippen LogP contribution in [-0.4, -0.2) is 19.9 Å². The number of anilines is 3. The van der Waals surface area contributed by atoms with Crippen LogP contribution in [-0.2, 0) is 16.4 Å². The molecule has 0 amide bonds. The molecule has 2 heterocycles. The summed E-state index contributed by atoms with van der Waals surface area (Å²) in [5.74, 6) is 0. The summed E-state index contributed by atoms with van der Waals surface area (Å²) in [5, 5.41) is 2.10. The molecule has 2 aromatic carbocycles. The Kier molecular flexibility index (Phi) is 4.19. The summed E-state index contributed by atoms with van der Waals surface area (Å²) in [6.07, 6.45) is 3.74. The van der Waals surface area contributed by atoms with Crippen LogP contribution < -0.4 is 9.62 Å². The maximum absolute atomic E-state index is 12.4. The van der Waals surface area contributed by atoms with Crippen LogP contribution in [0.25, 0.3) is 0 Å². The van der Waals surface area contributed by atoms with Crippen molar-refractivity contribution in [3.05, 3.63) is 65.7 Å². The van der Waals surface area contributed by atoms with Crippen molar-refractivity contribution in [3.63, 3.8) is 0 Å². The van der Waals surface area contributed by atoms with Crippen LogP contribution in [0.3, 0.4) is 0 Å². The molecule has 3 aromatic rings. The number of hydrogen-bond acceptors (Lipinski definition) is 5. The predicted octanol–water partition coefficient (Wildman–Crippen LogP) is 4.27. The van der Waals surface area contributed by atoms with Gasteiger partial charge in [-0.2, -0.15) is 0 Å². The molecular formula is C18H19N3O2S2. The van der Waals surface area contributed by atoms with E-state index in [4.69, 9.17) is 0 Å². The van der Waals surface area contributed by atoms with Crippen LogP contribution in [0.15, 0.2) is 65.0 Å². The quantitative estimate of drug-likeness (QED) is 0.742. The smallest absolute Gasteiger partial charge is 0.263 e. The van der Waals surface area contributed by atoms with Crippen LogP contribution in [0.5, 0.6) is 0 Å². The van der Waals surface area contributed by atoms with Crippen LogP contribution in [0.4, 0.5) is 16.5 Å². The molecule has 0 unspecified atom stereocenters. The lowest BCUT2D eigenvalue weighted by atomic mass is 10.0. The first-order valence-electron chi connectivity index (χ1n) is 8.01. The fourth-order valence-corrected chi connectivity index (χ4v) is 4.84. The highest BCUT2D eigenvalue weighted by atomic mass is 32.2. The number of benzene rings is 2. The van der Waals surface area contributed by atoms with Crippen molar-refractivity contribution >= 4 is 37.9 Å². The molecule has 0 fully saturated rings. The lowest BCUT2D eigenvalue weighted by molar-refractivity contribution is 0.601. The van der Waals surface area contributed by atoms with Gasteiger partial charge in [-0.3, -0.25) is 4.72 Å². The van der Waals surface area contributed by atoms with E-state index in [1.807, 2.05) is 18.2 Å². The molecule has 7 heteroatoms. The van der Waals surface area contributed by atoms with Gasteiger partial charge in [0.05, 0.1) is 4.90 Å². The molecule has 5 nitrogen and oxygen atoms in total. The summed E-state index contributed by atoms with van der Waals surface area (Å²) >= 11 is 1.25. The SMILES string of the molecule is O=S(=O)(Nc1nccs1)c1ccc(N2CCCc3ccccc32)cc1.[HH]. The molecule has 1 aliphatic heterocycles. The molecule has 1 aromatic heterocycles. The number of hydrogen-bond donors (Lipinski definition) is 1. The zero-order valence-corrected chi connectivity index (χ0v) is 15.1. The Balaban J connectivity index is 0.00000196. The lowest BCUT2D eigenvalue weighted by Gasteiger charge is -2.31. The summed E-state index contributed by atoms with van der Waals surface area (Å²) in [6.45, 7) is 0.931. The second kappa shape index (κ2) is 6.50. The van der Waals surface area contributed by atoms with E-state index in [0.717, 1.165) is 25.1 Å². The Morgan fingerprint density at radius 1 is 1.12 bits per heavy atom. The molecular weight excluding hydrogens is 354 g/mol. The average Bonchev–Trinajstić information content (AvgIpc) is 3.14. The number of nitrogens with zero attached hydrogens (tertiary/aromatic N) is 2. The van der Waals surface area contributed by atoms with Gasteiger partial charge in [0, 0.05) is 30.9 Å². The summed E-state index contributed by atoms with van der Waals surface area (Å²) in [6, 6.07) is 15.4. The molecule has 4 rings (SSSR count). The van der Waals surface area contributed by atoms with E-state index in [1.54, 1.807) is 23.7 Å². The highest BCUT2D eigenvalue weighted by Crippen LogP contribution is 2.33. The molecule has 25 heavy (non-hydrogen) atoms. The number of rotatable bonds is 4. The van der Waals surface area contributed by atoms with Crippen LogP contribution in [0, 0.1) is 0 Å². The van der Waals surface area contributed by atoms with Crippen molar-refractivity contribution in [2.24, 2.45) is 0 Å². The molecule has 0 bridgehead atoms. The van der Waals surface area contributed by atoms with Crippen molar-refractivity contribution in [1.29, 1.82) is 0 Å². The van der Waals surface area contributed by atoms with Gasteiger partial charge in [0.25, 0.3) is 10.0 Å². The number of fused-ring (bicyclic) bond motifs is 1. The minimum absolute atomic E-state index is 0. The van der Waals surface area contributed by atoms with Crippen molar-refractivity contribution in [2.45, 2.75) is 17.7 Å². The Labute approximate surface area is 152 Å². The van der Waals surface area contributed by atoms with Crippen LogP contribution in [0.2, 0.25) is 0 Å². The van der Waals surface area contributed by atoms with Crippen molar-refractivity contribution < 1.29 is 9.84 Å². The minimum atomic E-state index is -3.61. The number of thiazole rings is 1. The maximum atomic E-state index is 12.4. The number of para-hydroxylation sites is 1. The van der Waals surface area contributed by atoms with Crippen molar-refractivity contribution in [1.82, 2.24) is 4.98 Å². The average molecular weight is 374 g/mol. The minimum Gasteiger partial charge on any atom is -0.341 e. The van der Waals surface area contributed by atoms with Gasteiger partial charge >= 0.3 is 0 Å². The summed E-state index contributed by atoms with van der Waals surface area (Å²) < 4.78 is 27.4. The van der Waals surface area contributed by atoms with Gasteiger partial charge in [-0.15, -0.1) is 11.3 Å². The van der Waals surface area contributed by atoms with E-state index in [-0.39, 0.29) is 6.32 Å². The third kappa shape index (κ3) is 3.25. The second-order valence-electron chi connectivity index (χ2n) is 5.82. The third-order valence-electron chi connectivity index (χ3n) is 4.22. The Morgan fingerprint density at radius 3 is 2.68 bits per heavy atom. The highest BCUT2D eigenvalue weighted by molar-refractivity contribution is 7.93. The van der Waals surface area contributed by atoms with Crippen LogP contribution >= 0.6 is 11.3 Å². The Hall–Kier alpha value is -2.38. The predicted molar refractivity (Wildman–Crippen MR) is 103 cm³/mol. The normalized spacial score (nSPS) is 14.2. The lowest BCUT2D eigenvalue weighted by Crippen LogP contribution is -2.24. The highest BCUT2D eigenvalue weighted by Gasteiger charge is 2.19. The summed E-state index contributed by atoms with van der Waals surface area (Å²) in [5.41, 5.74) is 3.53. The van der Waals surface area contributed by atoms with Gasteiger partial charge in [-0.05, 0) is 48.7 Å². The number of aryl methyl sites for hydroxylation is 1. The molecule has 0 spiro atoms. The van der Waals surface area contributed by atoms with Gasteiger partial charge in [-0.25, -0.2) is 13.4 Å². The maximum Gasteiger partial charge on any atom is 0.263 e. The number of sulfonamides is 1. The fraction of sp³-hybridized carbons (Fsp3) is 0.167. The largest absolute Gasteiger partial charge is 0.341 e. The standard InChI is InChI=1S/C18H17N3O2S2.H2/c22-25(23,20-18-19-11-13-24-18)16-9-7-15(8-10-16)21-12-3-5-14-4-1-2-6-17(14)21;/h1-2,4,6-11,13H,3,5,12H2,(H,19,20);1H. The van der Waals surface area contributed by atoms with E-state index in [0.29, 0.717) is 5.13 Å². The van der Waals surface area contributed by atoms with Crippen molar-refractivity contribution in [3.8, 4) is 0 Å². The molecule has 1 N–H and O–H groups in total. The van der Waals surface area contributed by atoms with E-state index < -0.39 is 10.0 Å². The summed E-state index contributed by atoms with van der Waals surface area (Å²) in [7, 11) is -3.61. The fourth-order valence-electron chi connectivity index (χ4n) is 3.05. The van der Waals surface area contributed by atoms with E-state index in [9.17, 15) is 8.42 Å². The van der Waals surface area contributed by atoms with Gasteiger partial charge in [0.15, 0.2) is 5.13 Å². The van der Waals surface area contributed by atoms with Gasteiger partial charge in [0.2, 0.25) is 0 Å². The molecule has 1 aliphatic rings. The first kappa shape index (κ1) is 16.1. The topological polar surface area (TPSA) is 62.3 Å². The molecule has 0 aliphatic carbocycles.